The fraction of sp³-hybridized carbons (Fsp3) is 0.333. The second kappa shape index (κ2) is 8.19. The highest BCUT2D eigenvalue weighted by Gasteiger charge is 2.29. The van der Waals surface area contributed by atoms with Crippen LogP contribution in [0.4, 0.5) is 0 Å². The Kier molecular flexibility index (Phi) is 5.03. The molecule has 1 saturated heterocycles. The fourth-order valence-corrected chi connectivity index (χ4v) is 5.57. The fourth-order valence-electron chi connectivity index (χ4n) is 5.57. The summed E-state index contributed by atoms with van der Waals surface area (Å²) < 4.78 is 0. The van der Waals surface area contributed by atoms with Gasteiger partial charge in [-0.1, -0.05) is 24.3 Å². The molecule has 0 radical (unpaired) electrons. The normalized spacial score (nSPS) is 17.4. The average molecular weight is 440 g/mol. The molecule has 1 amide bonds. The molecule has 1 fully saturated rings. The van der Waals surface area contributed by atoms with Crippen molar-refractivity contribution >= 4 is 16.8 Å². The van der Waals surface area contributed by atoms with Gasteiger partial charge in [-0.3, -0.25) is 14.8 Å². The zero-order valence-electron chi connectivity index (χ0n) is 19.0. The molecule has 2 aliphatic rings. The highest BCUT2D eigenvalue weighted by atomic mass is 16.2. The maximum Gasteiger partial charge on any atom is 0.253 e. The number of H-pyrrole nitrogens is 2. The van der Waals surface area contributed by atoms with Crippen molar-refractivity contribution in [3.05, 3.63) is 77.0 Å². The van der Waals surface area contributed by atoms with Gasteiger partial charge in [-0.15, -0.1) is 0 Å². The van der Waals surface area contributed by atoms with E-state index in [1.54, 1.807) is 6.20 Å². The molecule has 0 bridgehead atoms. The summed E-state index contributed by atoms with van der Waals surface area (Å²) in [6.07, 6.45) is 4.97. The van der Waals surface area contributed by atoms with Crippen molar-refractivity contribution in [1.82, 2.24) is 25.0 Å². The monoisotopic (exact) mass is 439 g/mol. The van der Waals surface area contributed by atoms with Crippen LogP contribution in [0.25, 0.3) is 22.3 Å². The number of nitrogens with one attached hydrogen (secondary N) is 2. The quantitative estimate of drug-likeness (QED) is 0.493. The standard InChI is InChI=1S/C27H29N5O/c1-18-23-16-20(6-7-24(23)29-26(18)25-8-12-28-30-25)27(33)31-14-10-22(11-15-31)32-13-9-19-4-2-3-5-21(19)17-32/h2-8,12,16,22,29H,9-11,13-15,17H2,1H3,(H,28,30). The van der Waals surface area contributed by atoms with Crippen molar-refractivity contribution in [2.24, 2.45) is 0 Å². The Labute approximate surface area is 193 Å². The first-order valence-electron chi connectivity index (χ1n) is 11.9. The minimum Gasteiger partial charge on any atom is -0.353 e. The predicted octanol–water partition coefficient (Wildman–Crippen LogP) is 4.53. The molecule has 6 heteroatoms. The van der Waals surface area contributed by atoms with E-state index in [9.17, 15) is 4.79 Å². The number of fused-ring (bicyclic) bond motifs is 2. The number of amides is 1. The van der Waals surface area contributed by atoms with Gasteiger partial charge in [-0.2, -0.15) is 5.10 Å². The molecule has 2 aromatic carbocycles. The van der Waals surface area contributed by atoms with Gasteiger partial charge in [0.15, 0.2) is 0 Å². The number of carbonyl (C=O) groups is 1. The van der Waals surface area contributed by atoms with Crippen LogP contribution in [0, 0.1) is 6.92 Å². The van der Waals surface area contributed by atoms with Gasteiger partial charge >= 0.3 is 0 Å². The van der Waals surface area contributed by atoms with E-state index in [0.29, 0.717) is 6.04 Å². The van der Waals surface area contributed by atoms with Gasteiger partial charge in [0, 0.05) is 54.9 Å². The Hall–Kier alpha value is -3.38. The van der Waals surface area contributed by atoms with Crippen LogP contribution in [-0.2, 0) is 13.0 Å². The van der Waals surface area contributed by atoms with Gasteiger partial charge in [0.1, 0.15) is 0 Å². The average Bonchev–Trinajstić information content (AvgIpc) is 3.51. The Morgan fingerprint density at radius 1 is 1.03 bits per heavy atom. The highest BCUT2D eigenvalue weighted by Crippen LogP contribution is 2.30. The van der Waals surface area contributed by atoms with E-state index in [1.165, 1.54) is 11.1 Å². The van der Waals surface area contributed by atoms with E-state index in [4.69, 9.17) is 0 Å². The molecule has 2 N–H and O–H groups in total. The molecule has 6 nitrogen and oxygen atoms in total. The number of aromatic nitrogens is 3. The van der Waals surface area contributed by atoms with Gasteiger partial charge in [-0.05, 0) is 67.1 Å². The van der Waals surface area contributed by atoms with E-state index in [2.05, 4.69) is 51.3 Å². The summed E-state index contributed by atoms with van der Waals surface area (Å²) in [5, 5.41) is 8.17. The molecule has 168 valence electrons. The van der Waals surface area contributed by atoms with Gasteiger partial charge < -0.3 is 9.88 Å². The van der Waals surface area contributed by atoms with Crippen LogP contribution in [0.3, 0.4) is 0 Å². The summed E-state index contributed by atoms with van der Waals surface area (Å²) in [6.45, 7) is 5.90. The van der Waals surface area contributed by atoms with E-state index in [-0.39, 0.29) is 5.91 Å². The molecule has 0 unspecified atom stereocenters. The molecular formula is C27H29N5O. The Morgan fingerprint density at radius 3 is 2.64 bits per heavy atom. The molecule has 0 saturated carbocycles. The number of aryl methyl sites for hydroxylation is 1. The number of hydrogen-bond acceptors (Lipinski definition) is 3. The van der Waals surface area contributed by atoms with Crippen LogP contribution >= 0.6 is 0 Å². The lowest BCUT2D eigenvalue weighted by atomic mass is 9.95. The van der Waals surface area contributed by atoms with Crippen molar-refractivity contribution in [2.75, 3.05) is 19.6 Å². The largest absolute Gasteiger partial charge is 0.353 e. The maximum absolute atomic E-state index is 13.3. The van der Waals surface area contributed by atoms with Crippen LogP contribution < -0.4 is 0 Å². The zero-order chi connectivity index (χ0) is 22.4. The molecular weight excluding hydrogens is 410 g/mol. The Balaban J connectivity index is 1.15. The van der Waals surface area contributed by atoms with Crippen LogP contribution in [-0.4, -0.2) is 56.6 Å². The molecule has 0 aliphatic carbocycles. The minimum atomic E-state index is 0.142. The van der Waals surface area contributed by atoms with Crippen LogP contribution in [0.5, 0.6) is 0 Å². The molecule has 0 spiro atoms. The van der Waals surface area contributed by atoms with Crippen LogP contribution in [0.1, 0.15) is 39.9 Å². The third kappa shape index (κ3) is 3.64. The molecule has 0 atom stereocenters. The Morgan fingerprint density at radius 2 is 1.85 bits per heavy atom. The lowest BCUT2D eigenvalue weighted by molar-refractivity contribution is 0.0599. The van der Waals surface area contributed by atoms with Gasteiger partial charge in [0.25, 0.3) is 5.91 Å². The summed E-state index contributed by atoms with van der Waals surface area (Å²) in [7, 11) is 0. The first kappa shape index (κ1) is 20.2. The number of rotatable bonds is 3. The molecule has 33 heavy (non-hydrogen) atoms. The number of likely N-dealkylation sites (tertiary alicyclic amines) is 1. The molecule has 4 aromatic rings. The lowest BCUT2D eigenvalue weighted by Crippen LogP contribution is -2.48. The van der Waals surface area contributed by atoms with E-state index >= 15 is 0 Å². The first-order valence-corrected chi connectivity index (χ1v) is 11.9. The number of nitrogens with zero attached hydrogens (tertiary/aromatic N) is 3. The SMILES string of the molecule is Cc1c(-c2ccn[nH]2)[nH]c2ccc(C(=O)N3CCC(N4CCc5ccccc5C4)CC3)cc12. The third-order valence-electron chi connectivity index (χ3n) is 7.50. The molecule has 2 aliphatic heterocycles. The van der Waals surface area contributed by atoms with Crippen LogP contribution in [0.15, 0.2) is 54.7 Å². The van der Waals surface area contributed by atoms with Crippen molar-refractivity contribution in [1.29, 1.82) is 0 Å². The van der Waals surface area contributed by atoms with Crippen molar-refractivity contribution in [3.63, 3.8) is 0 Å². The smallest absolute Gasteiger partial charge is 0.253 e. The number of carbonyl (C=O) groups excluding carboxylic acids is 1. The number of piperidine rings is 1. The van der Waals surface area contributed by atoms with E-state index < -0.39 is 0 Å². The third-order valence-corrected chi connectivity index (χ3v) is 7.50. The number of benzene rings is 2. The van der Waals surface area contributed by atoms with Gasteiger partial charge in [-0.25, -0.2) is 0 Å². The Bertz CT molecular complexity index is 1300. The van der Waals surface area contributed by atoms with E-state index in [1.807, 2.05) is 29.2 Å². The van der Waals surface area contributed by atoms with Crippen molar-refractivity contribution in [2.45, 2.75) is 38.8 Å². The van der Waals surface area contributed by atoms with Crippen LogP contribution in [0.2, 0.25) is 0 Å². The van der Waals surface area contributed by atoms with Gasteiger partial charge in [0.2, 0.25) is 0 Å². The maximum atomic E-state index is 13.3. The number of aromatic amines is 2. The summed E-state index contributed by atoms with van der Waals surface area (Å²) in [6, 6.07) is 17.3. The molecule has 4 heterocycles. The predicted molar refractivity (Wildman–Crippen MR) is 130 cm³/mol. The van der Waals surface area contributed by atoms with Crippen molar-refractivity contribution in [3.8, 4) is 11.4 Å². The first-order chi connectivity index (χ1) is 16.2. The molecule has 2 aromatic heterocycles. The topological polar surface area (TPSA) is 68.0 Å². The van der Waals surface area contributed by atoms with Crippen molar-refractivity contribution < 1.29 is 4.79 Å². The van der Waals surface area contributed by atoms with E-state index in [0.717, 1.165) is 78.9 Å². The second-order valence-electron chi connectivity index (χ2n) is 9.37. The highest BCUT2D eigenvalue weighted by molar-refractivity contribution is 6.00. The number of hydrogen-bond donors (Lipinski definition) is 2. The summed E-state index contributed by atoms with van der Waals surface area (Å²) >= 11 is 0. The summed E-state index contributed by atoms with van der Waals surface area (Å²) in [4.78, 5) is 21.4. The lowest BCUT2D eigenvalue weighted by Gasteiger charge is -2.40. The second-order valence-corrected chi connectivity index (χ2v) is 9.37. The molecule has 6 rings (SSSR count). The minimum absolute atomic E-state index is 0.142. The summed E-state index contributed by atoms with van der Waals surface area (Å²) in [5.41, 5.74) is 7.88. The summed E-state index contributed by atoms with van der Waals surface area (Å²) in [5.74, 6) is 0.142. The zero-order valence-corrected chi connectivity index (χ0v) is 19.0. The van der Waals surface area contributed by atoms with Gasteiger partial charge in [0.05, 0.1) is 11.4 Å².